The van der Waals surface area contributed by atoms with Gasteiger partial charge in [0.25, 0.3) is 5.56 Å². The van der Waals surface area contributed by atoms with Crippen LogP contribution >= 0.6 is 0 Å². The minimum atomic E-state index is -5.08. The van der Waals surface area contributed by atoms with Crippen molar-refractivity contribution < 1.29 is 27.9 Å². The van der Waals surface area contributed by atoms with Crippen molar-refractivity contribution in [2.75, 3.05) is 49.1 Å². The molecule has 1 aromatic carbocycles. The molecule has 240 valence electrons. The number of hydrogen-bond acceptors (Lipinski definition) is 8. The molecule has 12 nitrogen and oxygen atoms in total. The molecule has 4 rings (SSSR count). The molecular formula is C29H38F3N7O5. The summed E-state index contributed by atoms with van der Waals surface area (Å²) < 4.78 is 36.0. The number of anilines is 2. The van der Waals surface area contributed by atoms with Crippen LogP contribution < -0.4 is 26.4 Å². The second-order valence-corrected chi connectivity index (χ2v) is 10.4. The number of fused-ring (bicyclic) bond motifs is 1. The Morgan fingerprint density at radius 2 is 1.61 bits per heavy atom. The van der Waals surface area contributed by atoms with Crippen molar-refractivity contribution >= 4 is 34.6 Å². The summed E-state index contributed by atoms with van der Waals surface area (Å²) in [6, 6.07) is 7.31. The smallest absolute Gasteiger partial charge is 0.475 e. The Labute approximate surface area is 252 Å². The van der Waals surface area contributed by atoms with E-state index in [1.807, 2.05) is 36.6 Å². The minimum Gasteiger partial charge on any atom is -0.475 e. The Morgan fingerprint density at radius 1 is 1.05 bits per heavy atom. The summed E-state index contributed by atoms with van der Waals surface area (Å²) >= 11 is 0. The highest BCUT2D eigenvalue weighted by atomic mass is 19.4. The molecule has 0 spiro atoms. The molecule has 0 aliphatic carbocycles. The number of nitrogens with one attached hydrogen (secondary N) is 1. The number of aromatic nitrogens is 4. The molecule has 1 fully saturated rings. The summed E-state index contributed by atoms with van der Waals surface area (Å²) in [6.45, 7) is 13.2. The van der Waals surface area contributed by atoms with Gasteiger partial charge in [0.05, 0.1) is 6.54 Å². The summed E-state index contributed by atoms with van der Waals surface area (Å²) in [6.07, 6.45) is -3.05. The van der Waals surface area contributed by atoms with Crippen molar-refractivity contribution in [1.82, 2.24) is 24.0 Å². The lowest BCUT2D eigenvalue weighted by molar-refractivity contribution is -0.192. The molecule has 1 aliphatic rings. The number of alkyl halides is 3. The summed E-state index contributed by atoms with van der Waals surface area (Å²) in [5.74, 6) is -2.38. The van der Waals surface area contributed by atoms with Crippen LogP contribution in [0.5, 0.6) is 0 Å². The second-order valence-electron chi connectivity index (χ2n) is 10.4. The second kappa shape index (κ2) is 14.4. The van der Waals surface area contributed by atoms with Gasteiger partial charge in [0.15, 0.2) is 16.9 Å². The van der Waals surface area contributed by atoms with Gasteiger partial charge in [-0.1, -0.05) is 11.6 Å². The van der Waals surface area contributed by atoms with Crippen LogP contribution in [0.25, 0.3) is 11.2 Å². The van der Waals surface area contributed by atoms with Crippen LogP contribution in [-0.4, -0.2) is 81.0 Å². The summed E-state index contributed by atoms with van der Waals surface area (Å²) in [5, 5.41) is 10.5. The Kier molecular flexibility index (Phi) is 11.1. The van der Waals surface area contributed by atoms with E-state index < -0.39 is 23.4 Å². The van der Waals surface area contributed by atoms with Crippen LogP contribution in [0.2, 0.25) is 0 Å². The number of nitrogens with zero attached hydrogens (tertiary/aromatic N) is 6. The number of halogens is 3. The predicted molar refractivity (Wildman–Crippen MR) is 162 cm³/mol. The van der Waals surface area contributed by atoms with Crippen LogP contribution in [-0.2, 0) is 24.9 Å². The normalized spacial score (nSPS) is 13.3. The lowest BCUT2D eigenvalue weighted by Crippen LogP contribution is -2.44. The van der Waals surface area contributed by atoms with Crippen molar-refractivity contribution in [3.05, 3.63) is 62.3 Å². The molecule has 0 amide bonds. The molecule has 1 saturated heterocycles. The van der Waals surface area contributed by atoms with Crippen LogP contribution in [0.1, 0.15) is 38.1 Å². The maximum Gasteiger partial charge on any atom is 0.490 e. The highest BCUT2D eigenvalue weighted by Gasteiger charge is 2.38. The van der Waals surface area contributed by atoms with E-state index in [0.717, 1.165) is 55.1 Å². The molecule has 3 heterocycles. The van der Waals surface area contributed by atoms with E-state index >= 15 is 0 Å². The predicted octanol–water partition coefficient (Wildman–Crippen LogP) is 2.63. The van der Waals surface area contributed by atoms with Gasteiger partial charge >= 0.3 is 17.8 Å². The number of Topliss-reactive ketones (excluding diaryl/α,β-unsaturated/α-hetero) is 1. The quantitative estimate of drug-likeness (QED) is 0.273. The number of carbonyl (C=O) groups is 2. The Morgan fingerprint density at radius 3 is 2.11 bits per heavy atom. The third kappa shape index (κ3) is 7.75. The lowest BCUT2D eigenvalue weighted by atomic mass is 10.1. The van der Waals surface area contributed by atoms with Crippen molar-refractivity contribution in [3.63, 3.8) is 0 Å². The first-order valence-corrected chi connectivity index (χ1v) is 14.2. The number of allylic oxidation sites excluding steroid dienone is 2. The fourth-order valence-corrected chi connectivity index (χ4v) is 4.73. The fourth-order valence-electron chi connectivity index (χ4n) is 4.73. The molecule has 0 atom stereocenters. The Hall–Kier alpha value is -4.40. The first-order chi connectivity index (χ1) is 20.7. The van der Waals surface area contributed by atoms with E-state index in [9.17, 15) is 27.6 Å². The number of rotatable bonds is 9. The number of hydrogen-bond donors (Lipinski definition) is 2. The number of imidazole rings is 1. The number of carboxylic acids is 1. The molecule has 0 saturated carbocycles. The number of carbonyl (C=O) groups excluding carboxylic acids is 1. The SMILES string of the molecule is CCN(CC)c1ccc(C(=O)Cn2c(=O)c3c(nc(N4CCNCC4)n3CC=C(C)C)n(C)c2=O)cc1.O=C(O)C(F)(F)F. The van der Waals surface area contributed by atoms with Crippen LogP contribution in [0.3, 0.4) is 0 Å². The molecule has 2 aromatic heterocycles. The maximum atomic E-state index is 13.7. The highest BCUT2D eigenvalue weighted by molar-refractivity contribution is 5.96. The van der Waals surface area contributed by atoms with Crippen LogP contribution in [0.15, 0.2) is 45.5 Å². The first-order valence-electron chi connectivity index (χ1n) is 14.2. The van der Waals surface area contributed by atoms with Gasteiger partial charge in [0, 0.05) is 64.1 Å². The average Bonchev–Trinajstić information content (AvgIpc) is 3.38. The van der Waals surface area contributed by atoms with Crippen LogP contribution in [0, 0.1) is 0 Å². The van der Waals surface area contributed by atoms with Crippen molar-refractivity contribution in [2.45, 2.75) is 47.0 Å². The van der Waals surface area contributed by atoms with E-state index in [0.29, 0.717) is 29.2 Å². The zero-order valence-electron chi connectivity index (χ0n) is 25.4. The molecule has 0 bridgehead atoms. The fraction of sp³-hybridized carbons (Fsp3) is 0.483. The van der Waals surface area contributed by atoms with Gasteiger partial charge in [-0.05, 0) is 52.0 Å². The molecular weight excluding hydrogens is 583 g/mol. The van der Waals surface area contributed by atoms with Crippen molar-refractivity contribution in [1.29, 1.82) is 0 Å². The zero-order chi connectivity index (χ0) is 32.8. The van der Waals surface area contributed by atoms with Gasteiger partial charge in [0.1, 0.15) is 0 Å². The van der Waals surface area contributed by atoms with E-state index in [-0.39, 0.29) is 12.3 Å². The molecule has 2 N–H and O–H groups in total. The summed E-state index contributed by atoms with van der Waals surface area (Å²) in [5.41, 5.74) is 2.22. The monoisotopic (exact) mass is 621 g/mol. The van der Waals surface area contributed by atoms with E-state index in [2.05, 4.69) is 29.0 Å². The average molecular weight is 622 g/mol. The molecule has 1 aliphatic heterocycles. The number of benzene rings is 1. The highest BCUT2D eigenvalue weighted by Crippen LogP contribution is 2.21. The first kappa shape index (κ1) is 34.1. The topological polar surface area (TPSA) is 135 Å². The van der Waals surface area contributed by atoms with Crippen LogP contribution in [0.4, 0.5) is 24.8 Å². The molecule has 15 heteroatoms. The zero-order valence-corrected chi connectivity index (χ0v) is 25.4. The third-order valence-corrected chi connectivity index (χ3v) is 7.16. The summed E-state index contributed by atoms with van der Waals surface area (Å²) in [7, 11) is 1.60. The molecule has 0 radical (unpaired) electrons. The van der Waals surface area contributed by atoms with E-state index in [1.54, 1.807) is 19.2 Å². The molecule has 3 aromatic rings. The van der Waals surface area contributed by atoms with Crippen molar-refractivity contribution in [3.8, 4) is 0 Å². The number of ketones is 1. The minimum absolute atomic E-state index is 0.290. The lowest BCUT2D eigenvalue weighted by Gasteiger charge is -2.28. The van der Waals surface area contributed by atoms with E-state index in [1.165, 1.54) is 4.57 Å². The number of piperazine rings is 1. The molecule has 44 heavy (non-hydrogen) atoms. The Bertz CT molecular complexity index is 1620. The van der Waals surface area contributed by atoms with Gasteiger partial charge in [-0.15, -0.1) is 0 Å². The van der Waals surface area contributed by atoms with Crippen molar-refractivity contribution in [2.24, 2.45) is 7.05 Å². The maximum absolute atomic E-state index is 13.7. The largest absolute Gasteiger partial charge is 0.490 e. The number of carboxylic acid groups (broad SMARTS) is 1. The van der Waals surface area contributed by atoms with E-state index in [4.69, 9.17) is 14.9 Å². The van der Waals surface area contributed by atoms with Gasteiger partial charge in [-0.3, -0.25) is 18.7 Å². The van der Waals surface area contributed by atoms with Gasteiger partial charge in [0.2, 0.25) is 5.95 Å². The summed E-state index contributed by atoms with van der Waals surface area (Å²) in [4.78, 5) is 58.1. The van der Waals surface area contributed by atoms with Gasteiger partial charge in [-0.25, -0.2) is 9.59 Å². The third-order valence-electron chi connectivity index (χ3n) is 7.16. The Balaban J connectivity index is 0.000000676. The number of aliphatic carboxylic acids is 1. The standard InChI is InChI=1S/C27H37N7O3.C2HF3O2/c1-6-31(7-2)21-10-8-20(9-11-21)22(35)18-34-25(36)23-24(30(5)27(34)37)29-26(32-16-13-28-14-17-32)33(23)15-12-19(3)4;3-2(4,5)1(6)7/h8-12,28H,6-7,13-18H2,1-5H3;(H,6,7). The van der Waals surface area contributed by atoms with Gasteiger partial charge < -0.3 is 24.8 Å². The molecule has 0 unspecified atom stereocenters. The van der Waals surface area contributed by atoms with Gasteiger partial charge in [-0.2, -0.15) is 18.2 Å². The number of aryl methyl sites for hydroxylation is 1.